The molecule has 106 valence electrons. The number of aromatic nitrogens is 1. The van der Waals surface area contributed by atoms with Gasteiger partial charge in [-0.3, -0.25) is 4.98 Å². The van der Waals surface area contributed by atoms with Gasteiger partial charge < -0.3 is 15.2 Å². The van der Waals surface area contributed by atoms with Gasteiger partial charge in [-0.05, 0) is 31.0 Å². The van der Waals surface area contributed by atoms with Gasteiger partial charge in [-0.25, -0.2) is 0 Å². The number of nitrogens with two attached hydrogens (primary N) is 1. The van der Waals surface area contributed by atoms with Crippen LogP contribution in [-0.4, -0.2) is 12.1 Å². The predicted molar refractivity (Wildman–Crippen MR) is 78.9 cm³/mol. The van der Waals surface area contributed by atoms with Crippen LogP contribution in [0.2, 0.25) is 0 Å². The summed E-state index contributed by atoms with van der Waals surface area (Å²) >= 11 is 0. The second-order valence-corrected chi connectivity index (χ2v) is 4.73. The molecule has 0 aliphatic rings. The van der Waals surface area contributed by atoms with E-state index in [4.69, 9.17) is 15.2 Å². The minimum Gasteiger partial charge on any atom is -0.497 e. The van der Waals surface area contributed by atoms with E-state index in [0.717, 1.165) is 34.0 Å². The van der Waals surface area contributed by atoms with Crippen molar-refractivity contribution < 1.29 is 9.47 Å². The van der Waals surface area contributed by atoms with Crippen LogP contribution in [0.15, 0.2) is 30.3 Å². The summed E-state index contributed by atoms with van der Waals surface area (Å²) in [6.07, 6.45) is 0. The minimum absolute atomic E-state index is 0.410. The topological polar surface area (TPSA) is 57.4 Å². The van der Waals surface area contributed by atoms with E-state index in [1.807, 2.05) is 44.2 Å². The number of nitrogens with zero attached hydrogens (tertiary/aromatic N) is 1. The molecule has 4 nitrogen and oxygen atoms in total. The largest absolute Gasteiger partial charge is 0.497 e. The van der Waals surface area contributed by atoms with Gasteiger partial charge in [0.1, 0.15) is 18.1 Å². The number of methoxy groups -OCH3 is 1. The highest BCUT2D eigenvalue weighted by atomic mass is 16.5. The molecule has 0 aliphatic carbocycles. The fourth-order valence-electron chi connectivity index (χ4n) is 1.97. The zero-order valence-electron chi connectivity index (χ0n) is 12.1. The minimum atomic E-state index is 0.410. The standard InChI is InChI=1S/C16H20N2O2/c1-11-4-5-13(9-17)7-16(11)20-10-14-8-15(19-3)6-12(2)18-14/h4-8H,9-10,17H2,1-3H3. The Kier molecular flexibility index (Phi) is 4.58. The normalized spacial score (nSPS) is 10.4. The molecule has 4 heteroatoms. The molecule has 0 bridgehead atoms. The number of aryl methyl sites for hydroxylation is 2. The number of rotatable bonds is 5. The molecule has 0 radical (unpaired) electrons. The SMILES string of the molecule is COc1cc(C)nc(COc2cc(CN)ccc2C)c1. The molecular formula is C16H20N2O2. The summed E-state index contributed by atoms with van der Waals surface area (Å²) in [4.78, 5) is 4.44. The molecule has 0 saturated carbocycles. The molecule has 1 aromatic carbocycles. The first-order valence-electron chi connectivity index (χ1n) is 6.56. The van der Waals surface area contributed by atoms with Crippen LogP contribution in [0.25, 0.3) is 0 Å². The van der Waals surface area contributed by atoms with E-state index >= 15 is 0 Å². The van der Waals surface area contributed by atoms with Crippen LogP contribution in [0.1, 0.15) is 22.5 Å². The Morgan fingerprint density at radius 1 is 1.15 bits per heavy atom. The van der Waals surface area contributed by atoms with Gasteiger partial charge in [-0.15, -0.1) is 0 Å². The predicted octanol–water partition coefficient (Wildman–Crippen LogP) is 2.74. The molecule has 1 aromatic heterocycles. The lowest BCUT2D eigenvalue weighted by Crippen LogP contribution is -2.03. The summed E-state index contributed by atoms with van der Waals surface area (Å²) in [5.41, 5.74) is 9.55. The summed E-state index contributed by atoms with van der Waals surface area (Å²) in [6.45, 7) is 4.87. The Balaban J connectivity index is 2.14. The Hall–Kier alpha value is -2.07. The van der Waals surface area contributed by atoms with Crippen molar-refractivity contribution >= 4 is 0 Å². The number of hydrogen-bond donors (Lipinski definition) is 1. The zero-order valence-corrected chi connectivity index (χ0v) is 12.1. The third kappa shape index (κ3) is 3.48. The van der Waals surface area contributed by atoms with Crippen LogP contribution < -0.4 is 15.2 Å². The lowest BCUT2D eigenvalue weighted by molar-refractivity contribution is 0.297. The fourth-order valence-corrected chi connectivity index (χ4v) is 1.97. The van der Waals surface area contributed by atoms with Crippen molar-refractivity contribution in [2.24, 2.45) is 5.73 Å². The van der Waals surface area contributed by atoms with Gasteiger partial charge in [0.2, 0.25) is 0 Å². The third-order valence-electron chi connectivity index (χ3n) is 3.08. The van der Waals surface area contributed by atoms with Crippen LogP contribution in [-0.2, 0) is 13.2 Å². The van der Waals surface area contributed by atoms with E-state index in [2.05, 4.69) is 4.98 Å². The van der Waals surface area contributed by atoms with Crippen molar-refractivity contribution in [2.45, 2.75) is 27.0 Å². The quantitative estimate of drug-likeness (QED) is 0.909. The number of benzene rings is 1. The second kappa shape index (κ2) is 6.39. The molecule has 0 aliphatic heterocycles. The smallest absolute Gasteiger partial charge is 0.130 e. The molecule has 0 fully saturated rings. The highest BCUT2D eigenvalue weighted by Crippen LogP contribution is 2.21. The maximum Gasteiger partial charge on any atom is 0.130 e. The van der Waals surface area contributed by atoms with Crippen molar-refractivity contribution in [2.75, 3.05) is 7.11 Å². The Morgan fingerprint density at radius 3 is 2.65 bits per heavy atom. The lowest BCUT2D eigenvalue weighted by atomic mass is 10.1. The average molecular weight is 272 g/mol. The maximum absolute atomic E-state index is 5.85. The van der Waals surface area contributed by atoms with E-state index < -0.39 is 0 Å². The van der Waals surface area contributed by atoms with Crippen LogP contribution in [0.5, 0.6) is 11.5 Å². The van der Waals surface area contributed by atoms with Gasteiger partial charge >= 0.3 is 0 Å². The van der Waals surface area contributed by atoms with Crippen molar-refractivity contribution in [1.82, 2.24) is 4.98 Å². The van der Waals surface area contributed by atoms with Crippen LogP contribution in [0.4, 0.5) is 0 Å². The van der Waals surface area contributed by atoms with E-state index in [1.54, 1.807) is 7.11 Å². The number of hydrogen-bond acceptors (Lipinski definition) is 4. The maximum atomic E-state index is 5.85. The number of pyridine rings is 1. The van der Waals surface area contributed by atoms with Crippen molar-refractivity contribution in [3.8, 4) is 11.5 Å². The van der Waals surface area contributed by atoms with Crippen LogP contribution in [0, 0.1) is 13.8 Å². The fraction of sp³-hybridized carbons (Fsp3) is 0.312. The monoisotopic (exact) mass is 272 g/mol. The molecular weight excluding hydrogens is 252 g/mol. The van der Waals surface area contributed by atoms with E-state index in [0.29, 0.717) is 13.2 Å². The van der Waals surface area contributed by atoms with Crippen molar-refractivity contribution in [3.63, 3.8) is 0 Å². The third-order valence-corrected chi connectivity index (χ3v) is 3.08. The van der Waals surface area contributed by atoms with Crippen molar-refractivity contribution in [1.29, 1.82) is 0 Å². The van der Waals surface area contributed by atoms with Gasteiger partial charge in [0.05, 0.1) is 12.8 Å². The van der Waals surface area contributed by atoms with E-state index in [1.165, 1.54) is 0 Å². The molecule has 0 unspecified atom stereocenters. The Labute approximate surface area is 119 Å². The first kappa shape index (κ1) is 14.3. The highest BCUT2D eigenvalue weighted by molar-refractivity contribution is 5.36. The van der Waals surface area contributed by atoms with Crippen LogP contribution in [0.3, 0.4) is 0 Å². The van der Waals surface area contributed by atoms with Gasteiger partial charge in [0.25, 0.3) is 0 Å². The number of ether oxygens (including phenoxy) is 2. The molecule has 2 rings (SSSR count). The molecule has 0 spiro atoms. The van der Waals surface area contributed by atoms with Crippen LogP contribution >= 0.6 is 0 Å². The van der Waals surface area contributed by atoms with Crippen molar-refractivity contribution in [3.05, 3.63) is 52.8 Å². The Morgan fingerprint density at radius 2 is 1.95 bits per heavy atom. The van der Waals surface area contributed by atoms with E-state index in [9.17, 15) is 0 Å². The molecule has 0 atom stereocenters. The lowest BCUT2D eigenvalue weighted by Gasteiger charge is -2.11. The molecule has 2 aromatic rings. The summed E-state index contributed by atoms with van der Waals surface area (Å²) in [6, 6.07) is 9.78. The molecule has 0 saturated heterocycles. The zero-order chi connectivity index (χ0) is 14.5. The molecule has 2 N–H and O–H groups in total. The highest BCUT2D eigenvalue weighted by Gasteiger charge is 2.05. The van der Waals surface area contributed by atoms with Gasteiger partial charge in [-0.1, -0.05) is 12.1 Å². The molecule has 0 amide bonds. The first-order chi connectivity index (χ1) is 9.62. The molecule has 20 heavy (non-hydrogen) atoms. The van der Waals surface area contributed by atoms with Gasteiger partial charge in [0.15, 0.2) is 0 Å². The summed E-state index contributed by atoms with van der Waals surface area (Å²) in [5, 5.41) is 0. The van der Waals surface area contributed by atoms with Gasteiger partial charge in [-0.2, -0.15) is 0 Å². The van der Waals surface area contributed by atoms with E-state index in [-0.39, 0.29) is 0 Å². The van der Waals surface area contributed by atoms with Gasteiger partial charge in [0, 0.05) is 24.4 Å². The summed E-state index contributed by atoms with van der Waals surface area (Å²) < 4.78 is 11.1. The Bertz CT molecular complexity index is 597. The summed E-state index contributed by atoms with van der Waals surface area (Å²) in [5.74, 6) is 1.64. The average Bonchev–Trinajstić information content (AvgIpc) is 2.45. The first-order valence-corrected chi connectivity index (χ1v) is 6.56. The summed E-state index contributed by atoms with van der Waals surface area (Å²) in [7, 11) is 1.65. The molecule has 1 heterocycles. The second-order valence-electron chi connectivity index (χ2n) is 4.73.